The lowest BCUT2D eigenvalue weighted by Crippen LogP contribution is -2.13. The lowest BCUT2D eigenvalue weighted by Gasteiger charge is -1.98. The molecule has 0 aliphatic rings. The third-order valence-corrected chi connectivity index (χ3v) is 2.30. The van der Waals surface area contributed by atoms with E-state index in [1.807, 2.05) is 0 Å². The van der Waals surface area contributed by atoms with Crippen LogP contribution in [-0.4, -0.2) is 26.2 Å². The summed E-state index contributed by atoms with van der Waals surface area (Å²) >= 11 is 0. The molecule has 0 unspecified atom stereocenters. The van der Waals surface area contributed by atoms with Gasteiger partial charge in [-0.3, -0.25) is 0 Å². The summed E-state index contributed by atoms with van der Waals surface area (Å²) in [7, 11) is 0. The quantitative estimate of drug-likeness (QED) is 0.406. The zero-order chi connectivity index (χ0) is 12.6. The van der Waals surface area contributed by atoms with Crippen LogP contribution >= 0.6 is 0 Å². The summed E-state index contributed by atoms with van der Waals surface area (Å²) in [6.07, 6.45) is 12.2. The first-order chi connectivity index (χ1) is 8.41. The van der Waals surface area contributed by atoms with E-state index in [0.717, 1.165) is 39.0 Å². The highest BCUT2D eigenvalue weighted by molar-refractivity contribution is 4.80. The minimum Gasteiger partial charge on any atom is -0.473 e. The van der Waals surface area contributed by atoms with Crippen molar-refractivity contribution in [2.75, 3.05) is 26.2 Å². The van der Waals surface area contributed by atoms with Gasteiger partial charge in [0.15, 0.2) is 0 Å². The van der Waals surface area contributed by atoms with Crippen molar-refractivity contribution in [3.63, 3.8) is 0 Å². The summed E-state index contributed by atoms with van der Waals surface area (Å²) in [4.78, 5) is 0. The molecule has 0 aromatic carbocycles. The van der Waals surface area contributed by atoms with Crippen LogP contribution in [0.5, 0.6) is 0 Å². The predicted octanol–water partition coefficient (Wildman–Crippen LogP) is 2.81. The summed E-state index contributed by atoms with van der Waals surface area (Å²) < 4.78 is 5.24. The topological polar surface area (TPSA) is 33.3 Å². The molecule has 0 aromatic heterocycles. The Morgan fingerprint density at radius 3 is 1.71 bits per heavy atom. The van der Waals surface area contributed by atoms with Gasteiger partial charge in [0.1, 0.15) is 0 Å². The van der Waals surface area contributed by atoms with Gasteiger partial charge in [-0.1, -0.05) is 13.8 Å². The zero-order valence-electron chi connectivity index (χ0n) is 11.4. The number of nitrogens with one attached hydrogen (secondary N) is 2. The van der Waals surface area contributed by atoms with E-state index in [4.69, 9.17) is 4.74 Å². The Morgan fingerprint density at radius 2 is 1.29 bits per heavy atom. The molecule has 0 heterocycles. The van der Waals surface area contributed by atoms with Crippen LogP contribution in [0.1, 0.15) is 39.5 Å². The molecule has 0 amide bonds. The lowest BCUT2D eigenvalue weighted by atomic mass is 10.3. The average molecular weight is 240 g/mol. The number of rotatable bonds is 12. The first kappa shape index (κ1) is 16.2. The van der Waals surface area contributed by atoms with Crippen LogP contribution in [0.15, 0.2) is 24.7 Å². The Kier molecular flexibility index (Phi) is 14.5. The molecule has 0 radical (unpaired) electrons. The summed E-state index contributed by atoms with van der Waals surface area (Å²) in [5.74, 6) is 0. The van der Waals surface area contributed by atoms with Crippen LogP contribution in [0.2, 0.25) is 0 Å². The maximum Gasteiger partial charge on any atom is 0.0861 e. The number of hydrogen-bond donors (Lipinski definition) is 2. The molecule has 0 saturated heterocycles. The van der Waals surface area contributed by atoms with E-state index in [1.54, 1.807) is 12.5 Å². The smallest absolute Gasteiger partial charge is 0.0861 e. The highest BCUT2D eigenvalue weighted by Gasteiger charge is 1.83. The van der Waals surface area contributed by atoms with Crippen LogP contribution in [0, 0.1) is 0 Å². The standard InChI is InChI=1S/C14H28N2O/c1-3-15-11-7-5-9-13-17-14-10-6-8-12-16-4-2/h9-10,13-16H,3-8,11-12H2,1-2H3. The molecule has 2 N–H and O–H groups in total. The van der Waals surface area contributed by atoms with Gasteiger partial charge in [0.25, 0.3) is 0 Å². The van der Waals surface area contributed by atoms with Gasteiger partial charge >= 0.3 is 0 Å². The Bertz CT molecular complexity index is 171. The molecule has 0 spiro atoms. The van der Waals surface area contributed by atoms with Gasteiger partial charge in [-0.15, -0.1) is 0 Å². The first-order valence-corrected chi connectivity index (χ1v) is 6.78. The summed E-state index contributed by atoms with van der Waals surface area (Å²) in [6.45, 7) is 8.52. The van der Waals surface area contributed by atoms with Crippen LogP contribution < -0.4 is 10.6 Å². The molecular weight excluding hydrogens is 212 g/mol. The third-order valence-electron chi connectivity index (χ3n) is 2.30. The normalized spacial score (nSPS) is 11.6. The van der Waals surface area contributed by atoms with Gasteiger partial charge in [0.2, 0.25) is 0 Å². The summed E-state index contributed by atoms with van der Waals surface area (Å²) in [6, 6.07) is 0. The molecule has 3 heteroatoms. The van der Waals surface area contributed by atoms with Crippen LogP contribution in [-0.2, 0) is 4.74 Å². The van der Waals surface area contributed by atoms with Gasteiger partial charge in [0, 0.05) is 0 Å². The van der Waals surface area contributed by atoms with Gasteiger partial charge in [-0.05, 0) is 64.0 Å². The van der Waals surface area contributed by atoms with E-state index in [2.05, 4.69) is 36.6 Å². The molecule has 100 valence electrons. The first-order valence-electron chi connectivity index (χ1n) is 6.78. The summed E-state index contributed by atoms with van der Waals surface area (Å²) in [5, 5.41) is 6.58. The molecule has 0 saturated carbocycles. The molecule has 3 nitrogen and oxygen atoms in total. The van der Waals surface area contributed by atoms with Crippen molar-refractivity contribution in [3.05, 3.63) is 24.7 Å². The molecule has 0 aliphatic carbocycles. The Labute approximate surface area is 106 Å². The van der Waals surface area contributed by atoms with Gasteiger partial charge in [0.05, 0.1) is 12.5 Å². The largest absolute Gasteiger partial charge is 0.473 e. The highest BCUT2D eigenvalue weighted by atomic mass is 16.5. The van der Waals surface area contributed by atoms with Gasteiger partial charge < -0.3 is 15.4 Å². The van der Waals surface area contributed by atoms with Crippen molar-refractivity contribution in [2.45, 2.75) is 39.5 Å². The fraction of sp³-hybridized carbons (Fsp3) is 0.714. The molecule has 0 rings (SSSR count). The van der Waals surface area contributed by atoms with Crippen LogP contribution in [0.4, 0.5) is 0 Å². The van der Waals surface area contributed by atoms with E-state index in [1.165, 1.54) is 12.8 Å². The maximum absolute atomic E-state index is 5.24. The number of hydrogen-bond acceptors (Lipinski definition) is 3. The zero-order valence-corrected chi connectivity index (χ0v) is 11.4. The number of ether oxygens (including phenoxy) is 1. The number of allylic oxidation sites excluding steroid dienone is 2. The van der Waals surface area contributed by atoms with E-state index >= 15 is 0 Å². The SMILES string of the molecule is CCNCCCC=COC=CCCCNCC. The molecule has 0 fully saturated rings. The molecule has 0 atom stereocenters. The van der Waals surface area contributed by atoms with Crippen molar-refractivity contribution < 1.29 is 4.74 Å². The molecule has 0 bridgehead atoms. The monoisotopic (exact) mass is 240 g/mol. The Balaban J connectivity index is 3.14. The van der Waals surface area contributed by atoms with Crippen LogP contribution in [0.3, 0.4) is 0 Å². The average Bonchev–Trinajstić information content (AvgIpc) is 2.35. The fourth-order valence-electron chi connectivity index (χ4n) is 1.34. The minimum absolute atomic E-state index is 1.05. The van der Waals surface area contributed by atoms with E-state index in [-0.39, 0.29) is 0 Å². The lowest BCUT2D eigenvalue weighted by molar-refractivity contribution is 0.398. The molecule has 0 aromatic rings. The maximum atomic E-state index is 5.24. The van der Waals surface area contributed by atoms with Crippen molar-refractivity contribution >= 4 is 0 Å². The van der Waals surface area contributed by atoms with E-state index in [9.17, 15) is 0 Å². The van der Waals surface area contributed by atoms with Crippen molar-refractivity contribution in [1.82, 2.24) is 10.6 Å². The van der Waals surface area contributed by atoms with E-state index < -0.39 is 0 Å². The molecule has 17 heavy (non-hydrogen) atoms. The number of unbranched alkanes of at least 4 members (excludes halogenated alkanes) is 2. The van der Waals surface area contributed by atoms with Crippen LogP contribution in [0.25, 0.3) is 0 Å². The molecule has 0 aliphatic heterocycles. The van der Waals surface area contributed by atoms with Gasteiger partial charge in [-0.25, -0.2) is 0 Å². The van der Waals surface area contributed by atoms with Crippen molar-refractivity contribution in [1.29, 1.82) is 0 Å². The summed E-state index contributed by atoms with van der Waals surface area (Å²) in [5.41, 5.74) is 0. The Morgan fingerprint density at radius 1 is 0.824 bits per heavy atom. The second-order valence-electron chi connectivity index (χ2n) is 3.87. The van der Waals surface area contributed by atoms with E-state index in [0.29, 0.717) is 0 Å². The second kappa shape index (κ2) is 15.2. The second-order valence-corrected chi connectivity index (χ2v) is 3.87. The highest BCUT2D eigenvalue weighted by Crippen LogP contribution is 1.93. The predicted molar refractivity (Wildman–Crippen MR) is 74.9 cm³/mol. The Hall–Kier alpha value is -0.800. The van der Waals surface area contributed by atoms with Gasteiger partial charge in [-0.2, -0.15) is 0 Å². The minimum atomic E-state index is 1.05. The fourth-order valence-corrected chi connectivity index (χ4v) is 1.34. The third kappa shape index (κ3) is 15.2. The van der Waals surface area contributed by atoms with Crippen molar-refractivity contribution in [3.8, 4) is 0 Å². The van der Waals surface area contributed by atoms with Crippen molar-refractivity contribution in [2.24, 2.45) is 0 Å². The molecular formula is C14H28N2O.